The first-order valence-corrected chi connectivity index (χ1v) is 27.2. The number of rotatable bonds is 12. The van der Waals surface area contributed by atoms with Crippen LogP contribution in [0, 0.1) is 23.7 Å². The number of amides is 3. The van der Waals surface area contributed by atoms with Gasteiger partial charge < -0.3 is 46.2 Å². The first kappa shape index (κ1) is 49.1. The van der Waals surface area contributed by atoms with Gasteiger partial charge in [-0.2, -0.15) is 0 Å². The summed E-state index contributed by atoms with van der Waals surface area (Å²) in [6, 6.07) is 22.0. The molecule has 5 aromatic rings. The van der Waals surface area contributed by atoms with Crippen molar-refractivity contribution in [1.29, 1.82) is 0 Å². The van der Waals surface area contributed by atoms with Crippen molar-refractivity contribution in [2.75, 3.05) is 48.3 Å². The number of hydrogen-bond acceptors (Lipinski definition) is 14. The summed E-state index contributed by atoms with van der Waals surface area (Å²) >= 11 is 1.55. The molecule has 0 radical (unpaired) electrons. The lowest BCUT2D eigenvalue weighted by atomic mass is 9.49. The minimum absolute atomic E-state index is 0.0344. The summed E-state index contributed by atoms with van der Waals surface area (Å²) in [4.78, 5) is 60.8. The lowest BCUT2D eigenvalue weighted by Gasteiger charge is -2.60. The minimum atomic E-state index is -0.853. The first-order chi connectivity index (χ1) is 35.1. The van der Waals surface area contributed by atoms with Crippen molar-refractivity contribution in [3.63, 3.8) is 0 Å². The number of carbonyl (C=O) groups excluding carboxylic acids is 3. The molecule has 6 aliphatic rings. The number of aliphatic hydroxyl groups is 1. The van der Waals surface area contributed by atoms with Crippen LogP contribution in [-0.4, -0.2) is 127 Å². The standard InChI is InChI=1S/C56H69N11O5S/c1-33-49(73-32-60-33)36-9-12-38(58-27-36)28-59-53(71)47-21-43(68)31-66(47)54(72)50(55(2,3)4)61-52(70)37-23-56(24-37)25-42(26-56)64-19-17-35(18-20-64)34-10-13-39(14-11-34)67-40-15-16-41(67)30-65(29-40)46-22-45(62-63-51(46)57)44-7-5-6-8-48(44)69/h5-14,22,27,32,35,37,40-43,47,50,68-69H,15-21,23-26,28-31H2,1-4H3,(H2,57,63)(H,59,71)(H,61,70)/t37-,40?,41?,42-,43-,47+,50-,56?/m1/s1. The molecule has 5 atom stereocenters. The number of carbonyl (C=O) groups is 3. The highest BCUT2D eigenvalue weighted by molar-refractivity contribution is 7.13. The van der Waals surface area contributed by atoms with Crippen LogP contribution in [-0.2, 0) is 20.9 Å². The highest BCUT2D eigenvalue weighted by atomic mass is 32.1. The fourth-order valence-corrected chi connectivity index (χ4v) is 13.9. The third kappa shape index (κ3) is 9.75. The molecule has 1 spiro atoms. The Balaban J connectivity index is 0.631. The van der Waals surface area contributed by atoms with Crippen LogP contribution in [0.3, 0.4) is 0 Å². The van der Waals surface area contributed by atoms with Crippen molar-refractivity contribution in [1.82, 2.24) is 40.6 Å². The summed E-state index contributed by atoms with van der Waals surface area (Å²) in [6.45, 7) is 11.8. The van der Waals surface area contributed by atoms with Gasteiger partial charge in [-0.15, -0.1) is 21.5 Å². The third-order valence-electron chi connectivity index (χ3n) is 17.1. The number of hydrogen-bond donors (Lipinski definition) is 5. The number of piperazine rings is 1. The molecule has 73 heavy (non-hydrogen) atoms. The number of nitrogen functional groups attached to an aromatic ring is 1. The number of phenolic OH excluding ortho intramolecular Hbond substituents is 1. The van der Waals surface area contributed by atoms with E-state index in [1.54, 1.807) is 35.2 Å². The normalized spacial score (nSPS) is 26.6. The number of fused-ring (bicyclic) bond motifs is 2. The van der Waals surface area contributed by atoms with Crippen molar-refractivity contribution >= 4 is 46.3 Å². The molecule has 4 saturated heterocycles. The molecule has 2 saturated carbocycles. The number of phenols is 1. The lowest BCUT2D eigenvalue weighted by Crippen LogP contribution is -2.62. The number of anilines is 3. The number of nitrogens with two attached hydrogens (primary N) is 1. The Labute approximate surface area is 431 Å². The van der Waals surface area contributed by atoms with Gasteiger partial charge in [0.2, 0.25) is 17.7 Å². The Kier molecular flexibility index (Phi) is 13.2. The van der Waals surface area contributed by atoms with E-state index in [1.807, 2.05) is 58.0 Å². The zero-order valence-corrected chi connectivity index (χ0v) is 43.2. The van der Waals surface area contributed by atoms with Crippen LogP contribution in [0.5, 0.6) is 5.75 Å². The predicted octanol–water partition coefficient (Wildman–Crippen LogP) is 6.66. The Morgan fingerprint density at radius 2 is 1.60 bits per heavy atom. The largest absolute Gasteiger partial charge is 0.507 e. The molecule has 7 heterocycles. The number of aromatic hydroxyl groups is 1. The number of pyridine rings is 1. The number of piperidine rings is 1. The van der Waals surface area contributed by atoms with E-state index >= 15 is 0 Å². The van der Waals surface area contributed by atoms with E-state index in [1.165, 1.54) is 16.2 Å². The number of nitrogens with zero attached hydrogens (tertiary/aromatic N) is 8. The van der Waals surface area contributed by atoms with Gasteiger partial charge in [0.25, 0.3) is 0 Å². The predicted molar refractivity (Wildman–Crippen MR) is 283 cm³/mol. The molecule has 6 N–H and O–H groups in total. The summed E-state index contributed by atoms with van der Waals surface area (Å²) in [7, 11) is 0. The maximum Gasteiger partial charge on any atom is 0.246 e. The van der Waals surface area contributed by atoms with Crippen LogP contribution < -0.4 is 26.2 Å². The number of para-hydroxylation sites is 1. The quantitative estimate of drug-likeness (QED) is 0.0888. The van der Waals surface area contributed by atoms with E-state index in [2.05, 4.69) is 69.8 Å². The molecule has 11 rings (SSSR count). The van der Waals surface area contributed by atoms with Crippen LogP contribution in [0.4, 0.5) is 17.2 Å². The molecule has 2 aromatic carbocycles. The van der Waals surface area contributed by atoms with Gasteiger partial charge in [-0.05, 0) is 130 Å². The Hall–Kier alpha value is -6.17. The van der Waals surface area contributed by atoms with E-state index in [9.17, 15) is 24.6 Å². The van der Waals surface area contributed by atoms with Crippen LogP contribution >= 0.6 is 11.3 Å². The molecule has 3 aromatic heterocycles. The van der Waals surface area contributed by atoms with Crippen molar-refractivity contribution in [3.8, 4) is 27.4 Å². The van der Waals surface area contributed by atoms with Gasteiger partial charge in [0, 0.05) is 73.1 Å². The van der Waals surface area contributed by atoms with Crippen LogP contribution in [0.2, 0.25) is 0 Å². The Bertz CT molecular complexity index is 2820. The second-order valence-electron chi connectivity index (χ2n) is 23.0. The SMILES string of the molecule is Cc1ncsc1-c1ccc(CNC(=O)[C@@H]2C[C@@H](O)CN2C(=O)[C@@H](NC(=O)[C@H]2CC3(C2)C[C@H](N2CCC(c4ccc(N5C6CCC5CN(c5cc(-c7ccccc7O)nnc5N)C6)cc4)CC2)C3)C(C)(C)C)nc1. The zero-order valence-electron chi connectivity index (χ0n) is 42.4. The van der Waals surface area contributed by atoms with Crippen molar-refractivity contribution in [2.24, 2.45) is 16.7 Å². The smallest absolute Gasteiger partial charge is 0.246 e. The summed E-state index contributed by atoms with van der Waals surface area (Å²) in [6.07, 6.45) is 9.50. The molecule has 2 bridgehead atoms. The molecule has 2 unspecified atom stereocenters. The average molecular weight is 1010 g/mol. The summed E-state index contributed by atoms with van der Waals surface area (Å²) in [5, 5.41) is 35.8. The molecule has 3 amide bonds. The number of thiazole rings is 1. The molecule has 4 aliphatic heterocycles. The van der Waals surface area contributed by atoms with Gasteiger partial charge in [-0.1, -0.05) is 51.1 Å². The third-order valence-corrected chi connectivity index (χ3v) is 18.1. The number of aromatic nitrogens is 4. The van der Waals surface area contributed by atoms with E-state index in [0.717, 1.165) is 99.4 Å². The monoisotopic (exact) mass is 1010 g/mol. The topological polar surface area (TPSA) is 206 Å². The van der Waals surface area contributed by atoms with Gasteiger partial charge in [-0.3, -0.25) is 19.4 Å². The summed E-state index contributed by atoms with van der Waals surface area (Å²) < 4.78 is 0. The fraction of sp³-hybridized carbons (Fsp3) is 0.518. The van der Waals surface area contributed by atoms with Crippen LogP contribution in [0.25, 0.3) is 21.7 Å². The van der Waals surface area contributed by atoms with E-state index in [0.29, 0.717) is 46.8 Å². The number of benzene rings is 2. The highest BCUT2D eigenvalue weighted by Gasteiger charge is 2.57. The van der Waals surface area contributed by atoms with Crippen molar-refractivity contribution in [3.05, 3.63) is 95.4 Å². The average Bonchev–Trinajstić information content (AvgIpc) is 4.05. The highest BCUT2D eigenvalue weighted by Crippen LogP contribution is 2.60. The number of β-amino-alcohol motifs (C(OH)–C–C–N with tert-alkyl or cyclic N) is 1. The number of aliphatic hydroxyl groups excluding tert-OH is 1. The lowest BCUT2D eigenvalue weighted by molar-refractivity contribution is -0.150. The summed E-state index contributed by atoms with van der Waals surface area (Å²) in [5.41, 5.74) is 15.2. The van der Waals surface area contributed by atoms with Crippen molar-refractivity contribution < 1.29 is 24.6 Å². The van der Waals surface area contributed by atoms with Gasteiger partial charge in [0.05, 0.1) is 45.8 Å². The Morgan fingerprint density at radius 1 is 0.877 bits per heavy atom. The van der Waals surface area contributed by atoms with Gasteiger partial charge in [-0.25, -0.2) is 4.98 Å². The Morgan fingerprint density at radius 3 is 2.26 bits per heavy atom. The molecule has 6 fully saturated rings. The molecule has 16 nitrogen and oxygen atoms in total. The molecule has 384 valence electrons. The van der Waals surface area contributed by atoms with Gasteiger partial charge in [0.15, 0.2) is 5.82 Å². The maximum atomic E-state index is 14.3. The van der Waals surface area contributed by atoms with Crippen LogP contribution in [0.1, 0.15) is 101 Å². The second kappa shape index (κ2) is 19.6. The minimum Gasteiger partial charge on any atom is -0.507 e. The fourth-order valence-electron chi connectivity index (χ4n) is 13.1. The number of nitrogens with one attached hydrogen (secondary N) is 2. The molecule has 2 aliphatic carbocycles. The maximum absolute atomic E-state index is 14.3. The number of aryl methyl sites for hydroxylation is 1. The van der Waals surface area contributed by atoms with E-state index in [-0.39, 0.29) is 54.3 Å². The van der Waals surface area contributed by atoms with Gasteiger partial charge in [0.1, 0.15) is 17.8 Å². The first-order valence-electron chi connectivity index (χ1n) is 26.3. The summed E-state index contributed by atoms with van der Waals surface area (Å²) in [5.74, 6) is 0.190. The zero-order chi connectivity index (χ0) is 50.8. The van der Waals surface area contributed by atoms with E-state index in [4.69, 9.17) is 5.73 Å². The van der Waals surface area contributed by atoms with E-state index < -0.39 is 23.6 Å². The second-order valence-corrected chi connectivity index (χ2v) is 23.9. The van der Waals surface area contributed by atoms with Gasteiger partial charge >= 0.3 is 0 Å². The molecule has 17 heteroatoms. The number of likely N-dealkylation sites (tertiary alicyclic amines) is 2. The van der Waals surface area contributed by atoms with Crippen molar-refractivity contribution in [2.45, 2.75) is 134 Å². The van der Waals surface area contributed by atoms with Crippen LogP contribution in [0.15, 0.2) is 78.4 Å². The molecular weight excluding hydrogens is 939 g/mol. The molecular formula is C56H69N11O5S.